The van der Waals surface area contributed by atoms with Crippen LogP contribution in [0, 0.1) is 0 Å². The van der Waals surface area contributed by atoms with Crippen LogP contribution in [0.1, 0.15) is 38.8 Å². The summed E-state index contributed by atoms with van der Waals surface area (Å²) in [6, 6.07) is 19.0. The lowest BCUT2D eigenvalue weighted by molar-refractivity contribution is -0.128. The van der Waals surface area contributed by atoms with E-state index in [4.69, 9.17) is 4.74 Å². The molecule has 0 saturated carbocycles. The number of hydrogen-bond acceptors (Lipinski definition) is 3. The van der Waals surface area contributed by atoms with Crippen molar-refractivity contribution in [2.45, 2.75) is 51.8 Å². The highest BCUT2D eigenvalue weighted by molar-refractivity contribution is 5.90. The Balaban J connectivity index is 2.10. The normalized spacial score (nSPS) is 13.3. The Morgan fingerprint density at radius 2 is 1.33 bits per heavy atom. The Morgan fingerprint density at radius 3 is 1.85 bits per heavy atom. The van der Waals surface area contributed by atoms with Crippen LogP contribution in [0.2, 0.25) is 0 Å². The number of ether oxygens (including phenoxy) is 1. The minimum absolute atomic E-state index is 0.148. The van der Waals surface area contributed by atoms with Gasteiger partial charge in [0.15, 0.2) is 0 Å². The number of benzene rings is 2. The first kappa shape index (κ1) is 20.5. The largest absolute Gasteiger partial charge is 0.445 e. The third kappa shape index (κ3) is 6.77. The van der Waals surface area contributed by atoms with E-state index in [1.54, 1.807) is 6.92 Å². The summed E-state index contributed by atoms with van der Waals surface area (Å²) in [4.78, 5) is 25.3. The predicted molar refractivity (Wildman–Crippen MR) is 106 cm³/mol. The number of hydrogen-bond donors (Lipinski definition) is 2. The molecule has 0 unspecified atom stereocenters. The SMILES string of the molecule is CC(C)(C)NC(=O)[C@@](C)(Cc1ccccc1)NC(=O)OCc1ccccc1. The second kappa shape index (κ2) is 8.71. The number of amides is 2. The van der Waals surface area contributed by atoms with Crippen molar-refractivity contribution in [2.24, 2.45) is 0 Å². The molecule has 0 radical (unpaired) electrons. The van der Waals surface area contributed by atoms with Gasteiger partial charge >= 0.3 is 6.09 Å². The number of alkyl carbamates (subject to hydrolysis) is 1. The summed E-state index contributed by atoms with van der Waals surface area (Å²) in [5.74, 6) is -0.254. The fraction of sp³-hybridized carbons (Fsp3) is 0.364. The molecule has 5 heteroatoms. The minimum atomic E-state index is -1.14. The maximum absolute atomic E-state index is 12.9. The first-order chi connectivity index (χ1) is 12.7. The molecule has 2 aromatic rings. The quantitative estimate of drug-likeness (QED) is 0.814. The van der Waals surface area contributed by atoms with Gasteiger partial charge < -0.3 is 15.4 Å². The van der Waals surface area contributed by atoms with Crippen LogP contribution < -0.4 is 10.6 Å². The van der Waals surface area contributed by atoms with Gasteiger partial charge in [-0.25, -0.2) is 4.79 Å². The molecule has 5 nitrogen and oxygen atoms in total. The predicted octanol–water partition coefficient (Wildman–Crippen LogP) is 3.83. The summed E-state index contributed by atoms with van der Waals surface area (Å²) in [5.41, 5.74) is 0.288. The van der Waals surface area contributed by atoms with Crippen LogP contribution in [-0.4, -0.2) is 23.1 Å². The molecular weight excluding hydrogens is 340 g/mol. The van der Waals surface area contributed by atoms with Crippen LogP contribution in [0.25, 0.3) is 0 Å². The summed E-state index contributed by atoms with van der Waals surface area (Å²) < 4.78 is 5.31. The van der Waals surface area contributed by atoms with Crippen LogP contribution in [0.4, 0.5) is 4.79 Å². The van der Waals surface area contributed by atoms with E-state index in [1.807, 2.05) is 81.4 Å². The highest BCUT2D eigenvalue weighted by Crippen LogP contribution is 2.16. The van der Waals surface area contributed by atoms with Crippen molar-refractivity contribution in [3.8, 4) is 0 Å². The van der Waals surface area contributed by atoms with Crippen molar-refractivity contribution in [1.29, 1.82) is 0 Å². The lowest BCUT2D eigenvalue weighted by atomic mass is 9.90. The fourth-order valence-corrected chi connectivity index (χ4v) is 2.65. The Morgan fingerprint density at radius 1 is 0.815 bits per heavy atom. The van der Waals surface area contributed by atoms with Gasteiger partial charge in [0.05, 0.1) is 0 Å². The van der Waals surface area contributed by atoms with E-state index in [2.05, 4.69) is 10.6 Å². The molecule has 0 saturated heterocycles. The van der Waals surface area contributed by atoms with Crippen LogP contribution in [0.15, 0.2) is 60.7 Å². The van der Waals surface area contributed by atoms with E-state index in [-0.39, 0.29) is 12.5 Å². The van der Waals surface area contributed by atoms with Crippen molar-refractivity contribution < 1.29 is 14.3 Å². The zero-order valence-corrected chi connectivity index (χ0v) is 16.4. The molecule has 0 aliphatic heterocycles. The molecule has 2 amide bonds. The molecule has 0 heterocycles. The molecule has 0 bridgehead atoms. The first-order valence-corrected chi connectivity index (χ1v) is 9.03. The summed E-state index contributed by atoms with van der Waals surface area (Å²) in [7, 11) is 0. The first-order valence-electron chi connectivity index (χ1n) is 9.03. The average molecular weight is 368 g/mol. The summed E-state index contributed by atoms with van der Waals surface area (Å²) >= 11 is 0. The van der Waals surface area contributed by atoms with E-state index in [9.17, 15) is 9.59 Å². The van der Waals surface area contributed by atoms with Gasteiger partial charge in [0.1, 0.15) is 12.1 Å². The zero-order valence-electron chi connectivity index (χ0n) is 16.4. The van der Waals surface area contributed by atoms with Gasteiger partial charge in [0.25, 0.3) is 0 Å². The van der Waals surface area contributed by atoms with Gasteiger partial charge in [0, 0.05) is 12.0 Å². The van der Waals surface area contributed by atoms with Crippen molar-refractivity contribution in [1.82, 2.24) is 10.6 Å². The molecule has 1 atom stereocenters. The van der Waals surface area contributed by atoms with Crippen molar-refractivity contribution in [2.75, 3.05) is 0 Å². The Kier molecular flexibility index (Phi) is 6.61. The minimum Gasteiger partial charge on any atom is -0.445 e. The Hall–Kier alpha value is -2.82. The second-order valence-corrected chi connectivity index (χ2v) is 7.89. The number of carbonyl (C=O) groups is 2. The Labute approximate surface area is 161 Å². The molecule has 27 heavy (non-hydrogen) atoms. The molecule has 0 aliphatic carbocycles. The molecule has 0 spiro atoms. The lowest BCUT2D eigenvalue weighted by Crippen LogP contribution is -2.61. The number of carbonyl (C=O) groups excluding carboxylic acids is 2. The topological polar surface area (TPSA) is 67.4 Å². The van der Waals surface area contributed by atoms with Crippen LogP contribution in [0.5, 0.6) is 0 Å². The van der Waals surface area contributed by atoms with Crippen molar-refractivity contribution in [3.05, 3.63) is 71.8 Å². The number of rotatable bonds is 6. The monoisotopic (exact) mass is 368 g/mol. The third-order valence-electron chi connectivity index (χ3n) is 3.98. The molecule has 2 aromatic carbocycles. The highest BCUT2D eigenvalue weighted by Gasteiger charge is 2.37. The van der Waals surface area contributed by atoms with E-state index in [0.29, 0.717) is 6.42 Å². The Bertz CT molecular complexity index is 754. The lowest BCUT2D eigenvalue weighted by Gasteiger charge is -2.33. The maximum Gasteiger partial charge on any atom is 0.408 e. The van der Waals surface area contributed by atoms with E-state index >= 15 is 0 Å². The van der Waals surface area contributed by atoms with Gasteiger partial charge in [-0.05, 0) is 38.8 Å². The van der Waals surface area contributed by atoms with Crippen molar-refractivity contribution in [3.63, 3.8) is 0 Å². The van der Waals surface area contributed by atoms with E-state index in [0.717, 1.165) is 11.1 Å². The molecule has 2 rings (SSSR count). The molecular formula is C22H28N2O3. The fourth-order valence-electron chi connectivity index (χ4n) is 2.65. The van der Waals surface area contributed by atoms with Crippen LogP contribution in [-0.2, 0) is 22.6 Å². The highest BCUT2D eigenvalue weighted by atomic mass is 16.5. The zero-order chi connectivity index (χ0) is 19.9. The summed E-state index contributed by atoms with van der Waals surface area (Å²) in [6.45, 7) is 7.57. The van der Waals surface area contributed by atoms with E-state index in [1.165, 1.54) is 0 Å². The molecule has 2 N–H and O–H groups in total. The van der Waals surface area contributed by atoms with Gasteiger partial charge in [-0.3, -0.25) is 4.79 Å². The second-order valence-electron chi connectivity index (χ2n) is 7.89. The number of nitrogens with one attached hydrogen (secondary N) is 2. The van der Waals surface area contributed by atoms with Crippen LogP contribution in [0.3, 0.4) is 0 Å². The van der Waals surface area contributed by atoms with Crippen LogP contribution >= 0.6 is 0 Å². The van der Waals surface area contributed by atoms with Crippen molar-refractivity contribution >= 4 is 12.0 Å². The van der Waals surface area contributed by atoms with Gasteiger partial charge in [0.2, 0.25) is 5.91 Å². The average Bonchev–Trinajstić information content (AvgIpc) is 2.60. The maximum atomic E-state index is 12.9. The molecule has 0 aliphatic rings. The summed E-state index contributed by atoms with van der Waals surface area (Å²) in [5, 5.41) is 5.71. The standard InChI is InChI=1S/C22H28N2O3/c1-21(2,3)23-19(25)22(4,15-17-11-7-5-8-12-17)24-20(26)27-16-18-13-9-6-10-14-18/h5-14H,15-16H2,1-4H3,(H,23,25)(H,24,26)/t22-/m1/s1. The molecule has 144 valence electrons. The summed E-state index contributed by atoms with van der Waals surface area (Å²) in [6.07, 6.45) is -0.266. The third-order valence-corrected chi connectivity index (χ3v) is 3.98. The molecule has 0 aromatic heterocycles. The van der Waals surface area contributed by atoms with Gasteiger partial charge in [-0.2, -0.15) is 0 Å². The van der Waals surface area contributed by atoms with E-state index < -0.39 is 17.2 Å². The van der Waals surface area contributed by atoms with Gasteiger partial charge in [-0.1, -0.05) is 60.7 Å². The smallest absolute Gasteiger partial charge is 0.408 e. The molecule has 0 fully saturated rings. The van der Waals surface area contributed by atoms with Gasteiger partial charge in [-0.15, -0.1) is 0 Å².